The monoisotopic (exact) mass is 324 g/mol. The fourth-order valence-corrected chi connectivity index (χ4v) is 3.77. The van der Waals surface area contributed by atoms with Crippen molar-refractivity contribution in [3.05, 3.63) is 53.1 Å². The van der Waals surface area contributed by atoms with Crippen LogP contribution >= 0.6 is 0 Å². The highest BCUT2D eigenvalue weighted by Crippen LogP contribution is 2.25. The van der Waals surface area contributed by atoms with Crippen LogP contribution in [-0.2, 0) is 24.3 Å². The summed E-state index contributed by atoms with van der Waals surface area (Å²) in [4.78, 5) is 25.0. The van der Waals surface area contributed by atoms with Gasteiger partial charge in [0.25, 0.3) is 0 Å². The van der Waals surface area contributed by atoms with Gasteiger partial charge in [0.1, 0.15) is 0 Å². The Labute approximate surface area is 142 Å². The number of nitrogens with one attached hydrogen (secondary N) is 1. The van der Waals surface area contributed by atoms with E-state index in [-0.39, 0.29) is 11.9 Å². The maximum Gasteiger partial charge on any atom is 0.240 e. The number of nitrogens with zero attached hydrogens (tertiary/aromatic N) is 3. The van der Waals surface area contributed by atoms with Gasteiger partial charge >= 0.3 is 0 Å². The van der Waals surface area contributed by atoms with E-state index in [1.54, 1.807) is 6.33 Å². The molecule has 2 aliphatic rings. The van der Waals surface area contributed by atoms with Crippen molar-refractivity contribution in [2.24, 2.45) is 0 Å². The number of carbonyl (C=O) groups excluding carboxylic acids is 1. The van der Waals surface area contributed by atoms with E-state index >= 15 is 0 Å². The molecule has 0 aliphatic carbocycles. The van der Waals surface area contributed by atoms with Gasteiger partial charge in [0.2, 0.25) is 5.91 Å². The number of rotatable bonds is 3. The molecule has 3 heterocycles. The molecule has 4 rings (SSSR count). The standard InChI is InChI=1S/C19H24N4O/c1-14-4-6-15(7-5-14)11-23-12-17-16(20-13-21-17)10-18(23)19(24)22-8-2-3-9-22/h4-7,13,18H,2-3,8-12H2,1H3,(H,20,21). The summed E-state index contributed by atoms with van der Waals surface area (Å²) in [6.45, 7) is 5.46. The largest absolute Gasteiger partial charge is 0.347 e. The Balaban J connectivity index is 1.58. The molecule has 2 aromatic rings. The van der Waals surface area contributed by atoms with Crippen molar-refractivity contribution < 1.29 is 4.79 Å². The molecule has 0 spiro atoms. The number of H-pyrrole nitrogens is 1. The third kappa shape index (κ3) is 2.96. The number of aryl methyl sites for hydroxylation is 1. The average molecular weight is 324 g/mol. The van der Waals surface area contributed by atoms with E-state index in [1.165, 1.54) is 11.1 Å². The summed E-state index contributed by atoms with van der Waals surface area (Å²) in [7, 11) is 0. The van der Waals surface area contributed by atoms with Gasteiger partial charge in [0, 0.05) is 32.6 Å². The maximum absolute atomic E-state index is 13.0. The van der Waals surface area contributed by atoms with Gasteiger partial charge in [-0.05, 0) is 25.3 Å². The van der Waals surface area contributed by atoms with Crippen molar-refractivity contribution in [3.8, 4) is 0 Å². The summed E-state index contributed by atoms with van der Waals surface area (Å²) >= 11 is 0. The number of fused-ring (bicyclic) bond motifs is 1. The highest BCUT2D eigenvalue weighted by atomic mass is 16.2. The summed E-state index contributed by atoms with van der Waals surface area (Å²) in [6.07, 6.45) is 4.71. The molecule has 1 saturated heterocycles. The Hall–Kier alpha value is -2.14. The molecule has 0 radical (unpaired) electrons. The fraction of sp³-hybridized carbons (Fsp3) is 0.474. The van der Waals surface area contributed by atoms with E-state index in [0.29, 0.717) is 6.42 Å². The van der Waals surface area contributed by atoms with Crippen LogP contribution in [0.5, 0.6) is 0 Å². The minimum absolute atomic E-state index is 0.0970. The van der Waals surface area contributed by atoms with Gasteiger partial charge in [-0.2, -0.15) is 0 Å². The molecule has 1 aromatic carbocycles. The zero-order valence-electron chi connectivity index (χ0n) is 14.2. The number of benzene rings is 1. The van der Waals surface area contributed by atoms with E-state index < -0.39 is 0 Å². The third-order valence-electron chi connectivity index (χ3n) is 5.21. The van der Waals surface area contributed by atoms with E-state index in [1.807, 2.05) is 4.90 Å². The quantitative estimate of drug-likeness (QED) is 0.942. The molecule has 1 unspecified atom stereocenters. The Kier molecular flexibility index (Phi) is 4.10. The highest BCUT2D eigenvalue weighted by molar-refractivity contribution is 5.82. The number of carbonyl (C=O) groups is 1. The molecular weight excluding hydrogens is 300 g/mol. The molecular formula is C19H24N4O. The van der Waals surface area contributed by atoms with Crippen molar-refractivity contribution in [1.82, 2.24) is 19.8 Å². The maximum atomic E-state index is 13.0. The van der Waals surface area contributed by atoms with Crippen LogP contribution in [0.3, 0.4) is 0 Å². The number of hydrogen-bond acceptors (Lipinski definition) is 3. The average Bonchev–Trinajstić information content (AvgIpc) is 3.26. The van der Waals surface area contributed by atoms with E-state index in [2.05, 4.69) is 46.1 Å². The molecule has 0 bridgehead atoms. The normalized spacial score (nSPS) is 21.0. The van der Waals surface area contributed by atoms with Gasteiger partial charge in [-0.25, -0.2) is 4.98 Å². The molecule has 1 N–H and O–H groups in total. The zero-order chi connectivity index (χ0) is 16.5. The number of hydrogen-bond donors (Lipinski definition) is 1. The lowest BCUT2D eigenvalue weighted by atomic mass is 10.00. The summed E-state index contributed by atoms with van der Waals surface area (Å²) < 4.78 is 0. The van der Waals surface area contributed by atoms with Crippen LogP contribution in [0.25, 0.3) is 0 Å². The van der Waals surface area contributed by atoms with Crippen molar-refractivity contribution in [2.45, 2.75) is 45.3 Å². The summed E-state index contributed by atoms with van der Waals surface area (Å²) in [5.74, 6) is 0.272. The van der Waals surface area contributed by atoms with Gasteiger partial charge in [-0.15, -0.1) is 0 Å². The van der Waals surface area contributed by atoms with Gasteiger partial charge in [-0.3, -0.25) is 9.69 Å². The van der Waals surface area contributed by atoms with Gasteiger partial charge in [0.15, 0.2) is 0 Å². The Bertz CT molecular complexity index is 715. The SMILES string of the molecule is Cc1ccc(CN2Cc3[nH]cnc3CC2C(=O)N2CCCC2)cc1. The Morgan fingerprint density at radius 2 is 2.00 bits per heavy atom. The second-order valence-corrected chi connectivity index (χ2v) is 6.97. The first-order valence-electron chi connectivity index (χ1n) is 8.80. The second kappa shape index (κ2) is 6.40. The van der Waals surface area contributed by atoms with E-state index in [0.717, 1.165) is 50.4 Å². The van der Waals surface area contributed by atoms with Crippen LogP contribution in [0, 0.1) is 6.92 Å². The first-order chi connectivity index (χ1) is 11.7. The topological polar surface area (TPSA) is 52.2 Å². The van der Waals surface area contributed by atoms with Crippen molar-refractivity contribution in [1.29, 1.82) is 0 Å². The summed E-state index contributed by atoms with van der Waals surface area (Å²) in [5.41, 5.74) is 4.71. The fourth-order valence-electron chi connectivity index (χ4n) is 3.77. The molecule has 1 atom stereocenters. The molecule has 2 aliphatic heterocycles. The molecule has 5 heteroatoms. The molecule has 126 valence electrons. The van der Waals surface area contributed by atoms with E-state index in [4.69, 9.17) is 0 Å². The Morgan fingerprint density at radius 1 is 1.25 bits per heavy atom. The minimum atomic E-state index is -0.0970. The smallest absolute Gasteiger partial charge is 0.240 e. The van der Waals surface area contributed by atoms with Gasteiger partial charge < -0.3 is 9.88 Å². The third-order valence-corrected chi connectivity index (χ3v) is 5.21. The molecule has 1 aromatic heterocycles. The van der Waals surface area contributed by atoms with Crippen LogP contribution in [0.1, 0.15) is 35.4 Å². The first kappa shape index (κ1) is 15.4. The van der Waals surface area contributed by atoms with Crippen LogP contribution in [0.4, 0.5) is 0 Å². The molecule has 24 heavy (non-hydrogen) atoms. The van der Waals surface area contributed by atoms with Crippen LogP contribution in [-0.4, -0.2) is 44.8 Å². The highest BCUT2D eigenvalue weighted by Gasteiger charge is 2.36. The number of aromatic nitrogens is 2. The van der Waals surface area contributed by atoms with Crippen molar-refractivity contribution in [3.63, 3.8) is 0 Å². The zero-order valence-corrected chi connectivity index (χ0v) is 14.2. The molecule has 0 saturated carbocycles. The number of aromatic amines is 1. The van der Waals surface area contributed by atoms with Crippen molar-refractivity contribution in [2.75, 3.05) is 13.1 Å². The predicted octanol–water partition coefficient (Wildman–Crippen LogP) is 2.27. The summed E-state index contributed by atoms with van der Waals surface area (Å²) in [5, 5.41) is 0. The van der Waals surface area contributed by atoms with Gasteiger partial charge in [-0.1, -0.05) is 29.8 Å². The van der Waals surface area contributed by atoms with Gasteiger partial charge in [0.05, 0.1) is 23.8 Å². The number of amides is 1. The lowest BCUT2D eigenvalue weighted by molar-refractivity contribution is -0.136. The molecule has 5 nitrogen and oxygen atoms in total. The Morgan fingerprint density at radius 3 is 2.75 bits per heavy atom. The van der Waals surface area contributed by atoms with Crippen LogP contribution in [0.15, 0.2) is 30.6 Å². The lowest BCUT2D eigenvalue weighted by Gasteiger charge is -2.36. The van der Waals surface area contributed by atoms with Crippen LogP contribution < -0.4 is 0 Å². The minimum Gasteiger partial charge on any atom is -0.347 e. The first-order valence-corrected chi connectivity index (χ1v) is 8.80. The number of likely N-dealkylation sites (tertiary alicyclic amines) is 1. The van der Waals surface area contributed by atoms with E-state index in [9.17, 15) is 4.79 Å². The summed E-state index contributed by atoms with van der Waals surface area (Å²) in [6, 6.07) is 8.50. The van der Waals surface area contributed by atoms with Crippen molar-refractivity contribution >= 4 is 5.91 Å². The van der Waals surface area contributed by atoms with Crippen LogP contribution in [0.2, 0.25) is 0 Å². The lowest BCUT2D eigenvalue weighted by Crippen LogP contribution is -2.50. The predicted molar refractivity (Wildman–Crippen MR) is 92.3 cm³/mol. The molecule has 1 amide bonds. The number of imidazole rings is 1. The molecule has 1 fully saturated rings. The second-order valence-electron chi connectivity index (χ2n) is 6.97.